The first-order valence-corrected chi connectivity index (χ1v) is 6.66. The zero-order valence-electron chi connectivity index (χ0n) is 9.06. The fraction of sp³-hybridized carbons (Fsp3) is 0.364. The van der Waals surface area contributed by atoms with E-state index in [-0.39, 0.29) is 6.04 Å². The molecule has 6 heteroatoms. The Bertz CT molecular complexity index is 554. The van der Waals surface area contributed by atoms with Gasteiger partial charge >= 0.3 is 0 Å². The molecule has 0 aromatic carbocycles. The van der Waals surface area contributed by atoms with E-state index in [1.54, 1.807) is 6.20 Å². The summed E-state index contributed by atoms with van der Waals surface area (Å²) in [5.41, 5.74) is 8.15. The number of halogens is 1. The molecule has 2 heterocycles. The molecule has 0 spiro atoms. The molecule has 2 aromatic rings. The summed E-state index contributed by atoms with van der Waals surface area (Å²) < 4.78 is 0.651. The standard InChI is InChI=1S/C11H11ClN4S/c12-9-5-15-11(17-9)10-14-4-6-7(13)2-1-3-8(6)16-10/h4-5,7H,1-3,13H2. The molecule has 0 radical (unpaired) electrons. The Kier molecular flexibility index (Phi) is 2.82. The minimum atomic E-state index is 0.0766. The van der Waals surface area contributed by atoms with Gasteiger partial charge in [0, 0.05) is 23.5 Å². The summed E-state index contributed by atoms with van der Waals surface area (Å²) in [5, 5.41) is 0.761. The fourth-order valence-electron chi connectivity index (χ4n) is 2.04. The summed E-state index contributed by atoms with van der Waals surface area (Å²) >= 11 is 7.25. The average Bonchev–Trinajstić information content (AvgIpc) is 2.76. The van der Waals surface area contributed by atoms with Crippen molar-refractivity contribution in [3.05, 3.63) is 28.0 Å². The Morgan fingerprint density at radius 2 is 2.24 bits per heavy atom. The van der Waals surface area contributed by atoms with Crippen molar-refractivity contribution in [2.75, 3.05) is 0 Å². The molecular weight excluding hydrogens is 256 g/mol. The molecule has 2 N–H and O–H groups in total. The lowest BCUT2D eigenvalue weighted by Gasteiger charge is -2.20. The van der Waals surface area contributed by atoms with Crippen LogP contribution in [0.5, 0.6) is 0 Å². The van der Waals surface area contributed by atoms with Gasteiger partial charge in [0.15, 0.2) is 10.8 Å². The van der Waals surface area contributed by atoms with Crippen LogP contribution in [-0.4, -0.2) is 15.0 Å². The van der Waals surface area contributed by atoms with Gasteiger partial charge in [0.2, 0.25) is 0 Å². The molecule has 1 aliphatic carbocycles. The summed E-state index contributed by atoms with van der Waals surface area (Å²) in [6, 6.07) is 0.0766. The number of hydrogen-bond acceptors (Lipinski definition) is 5. The van der Waals surface area contributed by atoms with Crippen molar-refractivity contribution in [1.82, 2.24) is 15.0 Å². The van der Waals surface area contributed by atoms with Crippen molar-refractivity contribution in [1.29, 1.82) is 0 Å². The Labute approximate surface area is 108 Å². The molecule has 3 rings (SSSR count). The van der Waals surface area contributed by atoms with Gasteiger partial charge in [0.1, 0.15) is 4.34 Å². The van der Waals surface area contributed by atoms with Gasteiger partial charge in [-0.15, -0.1) is 0 Å². The van der Waals surface area contributed by atoms with Crippen LogP contribution in [0.4, 0.5) is 0 Å². The van der Waals surface area contributed by atoms with Crippen LogP contribution >= 0.6 is 22.9 Å². The topological polar surface area (TPSA) is 64.7 Å². The molecule has 0 amide bonds. The molecule has 1 unspecified atom stereocenters. The van der Waals surface area contributed by atoms with Crippen molar-refractivity contribution in [3.63, 3.8) is 0 Å². The van der Waals surface area contributed by atoms with Gasteiger partial charge in [0.05, 0.1) is 6.20 Å². The van der Waals surface area contributed by atoms with Gasteiger partial charge in [0.25, 0.3) is 0 Å². The van der Waals surface area contributed by atoms with Crippen LogP contribution in [0.15, 0.2) is 12.4 Å². The molecule has 1 atom stereocenters. The minimum Gasteiger partial charge on any atom is -0.324 e. The van der Waals surface area contributed by atoms with Crippen LogP contribution < -0.4 is 5.73 Å². The van der Waals surface area contributed by atoms with E-state index >= 15 is 0 Å². The molecule has 0 saturated carbocycles. The van der Waals surface area contributed by atoms with Crippen molar-refractivity contribution < 1.29 is 0 Å². The van der Waals surface area contributed by atoms with Crippen LogP contribution in [0.3, 0.4) is 0 Å². The Morgan fingerprint density at radius 3 is 3.00 bits per heavy atom. The van der Waals surface area contributed by atoms with Crippen LogP contribution in [0.25, 0.3) is 10.8 Å². The fourth-order valence-corrected chi connectivity index (χ4v) is 2.90. The number of aromatic nitrogens is 3. The van der Waals surface area contributed by atoms with Gasteiger partial charge < -0.3 is 5.73 Å². The normalized spacial score (nSPS) is 19.1. The van der Waals surface area contributed by atoms with E-state index in [0.717, 1.165) is 35.5 Å². The Hall–Kier alpha value is -1.04. The van der Waals surface area contributed by atoms with E-state index in [1.807, 2.05) is 6.20 Å². The molecule has 0 fully saturated rings. The van der Waals surface area contributed by atoms with E-state index in [9.17, 15) is 0 Å². The number of thiazole rings is 1. The van der Waals surface area contributed by atoms with Crippen LogP contribution in [0, 0.1) is 0 Å². The summed E-state index contributed by atoms with van der Waals surface area (Å²) in [7, 11) is 0. The summed E-state index contributed by atoms with van der Waals surface area (Å²) in [6.45, 7) is 0. The number of nitrogens with zero attached hydrogens (tertiary/aromatic N) is 3. The molecule has 17 heavy (non-hydrogen) atoms. The molecule has 88 valence electrons. The molecule has 0 aliphatic heterocycles. The number of fused-ring (bicyclic) bond motifs is 1. The third kappa shape index (κ3) is 2.06. The first kappa shape index (κ1) is 11.1. The first-order valence-electron chi connectivity index (χ1n) is 5.47. The number of aryl methyl sites for hydroxylation is 1. The van der Waals surface area contributed by atoms with E-state index in [0.29, 0.717) is 10.2 Å². The molecule has 0 bridgehead atoms. The van der Waals surface area contributed by atoms with Gasteiger partial charge in [-0.3, -0.25) is 0 Å². The van der Waals surface area contributed by atoms with Crippen LogP contribution in [-0.2, 0) is 6.42 Å². The highest BCUT2D eigenvalue weighted by atomic mass is 35.5. The second kappa shape index (κ2) is 4.33. The Morgan fingerprint density at radius 1 is 1.35 bits per heavy atom. The van der Waals surface area contributed by atoms with Gasteiger partial charge in [-0.1, -0.05) is 22.9 Å². The van der Waals surface area contributed by atoms with Crippen molar-refractivity contribution >= 4 is 22.9 Å². The predicted octanol–water partition coefficient (Wildman–Crippen LogP) is 2.59. The first-order chi connectivity index (χ1) is 8.24. The second-order valence-corrected chi connectivity index (χ2v) is 5.73. The highest BCUT2D eigenvalue weighted by Gasteiger charge is 2.19. The molecular formula is C11H11ClN4S. The van der Waals surface area contributed by atoms with E-state index in [1.165, 1.54) is 11.3 Å². The lowest BCUT2D eigenvalue weighted by atomic mass is 9.93. The van der Waals surface area contributed by atoms with Gasteiger partial charge in [-0.25, -0.2) is 15.0 Å². The Balaban J connectivity index is 2.03. The van der Waals surface area contributed by atoms with Crippen molar-refractivity contribution in [3.8, 4) is 10.8 Å². The lowest BCUT2D eigenvalue weighted by molar-refractivity contribution is 0.557. The SMILES string of the molecule is NC1CCCc2nc(-c3ncc(Cl)s3)ncc21. The van der Waals surface area contributed by atoms with Crippen LogP contribution in [0.1, 0.15) is 30.1 Å². The molecule has 4 nitrogen and oxygen atoms in total. The van der Waals surface area contributed by atoms with E-state index in [2.05, 4.69) is 15.0 Å². The monoisotopic (exact) mass is 266 g/mol. The number of nitrogens with two attached hydrogens (primary N) is 1. The maximum atomic E-state index is 6.03. The largest absolute Gasteiger partial charge is 0.324 e. The van der Waals surface area contributed by atoms with E-state index in [4.69, 9.17) is 17.3 Å². The van der Waals surface area contributed by atoms with Crippen molar-refractivity contribution in [2.24, 2.45) is 5.73 Å². The predicted molar refractivity (Wildman–Crippen MR) is 68.0 cm³/mol. The smallest absolute Gasteiger partial charge is 0.188 e. The quantitative estimate of drug-likeness (QED) is 0.862. The second-order valence-electron chi connectivity index (χ2n) is 4.06. The minimum absolute atomic E-state index is 0.0766. The van der Waals surface area contributed by atoms with E-state index < -0.39 is 0 Å². The van der Waals surface area contributed by atoms with Crippen LogP contribution in [0.2, 0.25) is 4.34 Å². The zero-order valence-corrected chi connectivity index (χ0v) is 10.6. The molecule has 1 aliphatic rings. The third-order valence-corrected chi connectivity index (χ3v) is 4.01. The average molecular weight is 267 g/mol. The highest BCUT2D eigenvalue weighted by molar-refractivity contribution is 7.18. The number of hydrogen-bond donors (Lipinski definition) is 1. The summed E-state index contributed by atoms with van der Waals surface area (Å²) in [5.74, 6) is 0.648. The summed E-state index contributed by atoms with van der Waals surface area (Å²) in [6.07, 6.45) is 6.52. The van der Waals surface area contributed by atoms with Crippen molar-refractivity contribution in [2.45, 2.75) is 25.3 Å². The molecule has 2 aromatic heterocycles. The summed E-state index contributed by atoms with van der Waals surface area (Å²) in [4.78, 5) is 13.1. The number of rotatable bonds is 1. The lowest BCUT2D eigenvalue weighted by Crippen LogP contribution is -2.19. The maximum absolute atomic E-state index is 6.03. The zero-order chi connectivity index (χ0) is 11.8. The van der Waals surface area contributed by atoms with Gasteiger partial charge in [-0.05, 0) is 19.3 Å². The highest BCUT2D eigenvalue weighted by Crippen LogP contribution is 2.30. The third-order valence-electron chi connectivity index (χ3n) is 2.90. The molecule has 0 saturated heterocycles. The van der Waals surface area contributed by atoms with Gasteiger partial charge in [-0.2, -0.15) is 0 Å². The maximum Gasteiger partial charge on any atom is 0.188 e.